The molecule has 2 heterocycles. The number of aromatic nitrogens is 1. The van der Waals surface area contributed by atoms with E-state index in [1.807, 2.05) is 18.3 Å². The van der Waals surface area contributed by atoms with Gasteiger partial charge in [0.05, 0.1) is 31.6 Å². The molecule has 1 aliphatic rings. The van der Waals surface area contributed by atoms with E-state index in [2.05, 4.69) is 21.3 Å². The minimum Gasteiger partial charge on any atom is -0.497 e. The second-order valence-electron chi connectivity index (χ2n) is 6.67. The first-order valence-electron chi connectivity index (χ1n) is 9.38. The number of hydrogen-bond donors (Lipinski definition) is 1. The predicted molar refractivity (Wildman–Crippen MR) is 105 cm³/mol. The highest BCUT2D eigenvalue weighted by Crippen LogP contribution is 2.31. The van der Waals surface area contributed by atoms with Crippen LogP contribution in [0.4, 0.5) is 5.69 Å². The lowest BCUT2D eigenvalue weighted by Gasteiger charge is -2.35. The average Bonchev–Trinajstić information content (AvgIpc) is 2.73. The number of pyridine rings is 1. The number of methoxy groups -OCH3 is 2. The number of carbonyl (C=O) groups is 1. The van der Waals surface area contributed by atoms with Crippen LogP contribution in [0.2, 0.25) is 0 Å². The van der Waals surface area contributed by atoms with E-state index >= 15 is 0 Å². The van der Waals surface area contributed by atoms with Crippen molar-refractivity contribution in [1.82, 2.24) is 9.88 Å². The van der Waals surface area contributed by atoms with E-state index in [1.54, 1.807) is 32.4 Å². The van der Waals surface area contributed by atoms with Gasteiger partial charge in [-0.05, 0) is 43.7 Å². The van der Waals surface area contributed by atoms with Gasteiger partial charge in [-0.25, -0.2) is 0 Å². The summed E-state index contributed by atoms with van der Waals surface area (Å²) in [6.45, 7) is 1.70. The van der Waals surface area contributed by atoms with Crippen molar-refractivity contribution in [3.63, 3.8) is 0 Å². The Morgan fingerprint density at radius 2 is 2.11 bits per heavy atom. The number of hydrogen-bond acceptors (Lipinski definition) is 5. The summed E-state index contributed by atoms with van der Waals surface area (Å²) >= 11 is 0. The van der Waals surface area contributed by atoms with Crippen LogP contribution in [0.1, 0.15) is 37.4 Å². The monoisotopic (exact) mass is 369 g/mol. The largest absolute Gasteiger partial charge is 0.497 e. The fraction of sp³-hybridized carbons (Fsp3) is 0.429. The molecule has 1 aliphatic heterocycles. The average molecular weight is 369 g/mol. The minimum absolute atomic E-state index is 0.0353. The highest BCUT2D eigenvalue weighted by Gasteiger charge is 2.25. The third-order valence-electron chi connectivity index (χ3n) is 4.95. The van der Waals surface area contributed by atoms with Crippen LogP contribution in [-0.4, -0.2) is 43.1 Å². The van der Waals surface area contributed by atoms with Crippen LogP contribution in [0.15, 0.2) is 42.6 Å². The van der Waals surface area contributed by atoms with E-state index in [1.165, 1.54) is 6.42 Å². The van der Waals surface area contributed by atoms with Crippen LogP contribution in [0.3, 0.4) is 0 Å². The SMILES string of the molecule is COc1ccc(OC)c(NC(=O)CCN2CCCCC2c2ccccn2)c1. The highest BCUT2D eigenvalue weighted by molar-refractivity contribution is 5.92. The number of carbonyl (C=O) groups excluding carboxylic acids is 1. The van der Waals surface area contributed by atoms with Crippen molar-refractivity contribution in [2.24, 2.45) is 0 Å². The third-order valence-corrected chi connectivity index (χ3v) is 4.95. The lowest BCUT2D eigenvalue weighted by atomic mass is 9.98. The van der Waals surface area contributed by atoms with Crippen molar-refractivity contribution in [2.75, 3.05) is 32.6 Å². The van der Waals surface area contributed by atoms with Gasteiger partial charge in [0.15, 0.2) is 0 Å². The topological polar surface area (TPSA) is 63.7 Å². The number of likely N-dealkylation sites (tertiary alicyclic amines) is 1. The standard InChI is InChI=1S/C21H27N3O3/c1-26-16-9-10-20(27-2)18(15-16)23-21(25)11-14-24-13-6-4-8-19(24)17-7-3-5-12-22-17/h3,5,7,9-10,12,15,19H,4,6,8,11,13-14H2,1-2H3,(H,23,25). The first-order valence-corrected chi connectivity index (χ1v) is 9.38. The van der Waals surface area contributed by atoms with Gasteiger partial charge in [0.25, 0.3) is 0 Å². The van der Waals surface area contributed by atoms with Gasteiger partial charge in [-0.1, -0.05) is 12.5 Å². The maximum Gasteiger partial charge on any atom is 0.225 e. The first-order chi connectivity index (χ1) is 13.2. The molecule has 1 aromatic carbocycles. The molecule has 2 aromatic rings. The summed E-state index contributed by atoms with van der Waals surface area (Å²) in [7, 11) is 3.18. The fourth-order valence-electron chi connectivity index (χ4n) is 3.54. The molecule has 1 fully saturated rings. The fourth-order valence-corrected chi connectivity index (χ4v) is 3.54. The Hall–Kier alpha value is -2.60. The smallest absolute Gasteiger partial charge is 0.225 e. The number of amides is 1. The molecular formula is C21H27N3O3. The number of benzene rings is 1. The molecule has 0 bridgehead atoms. The molecule has 1 atom stereocenters. The summed E-state index contributed by atoms with van der Waals surface area (Å²) in [5.41, 5.74) is 1.72. The summed E-state index contributed by atoms with van der Waals surface area (Å²) in [6.07, 6.45) is 5.70. The quantitative estimate of drug-likeness (QED) is 0.807. The first kappa shape index (κ1) is 19.2. The van der Waals surface area contributed by atoms with E-state index in [0.29, 0.717) is 36.2 Å². The van der Waals surface area contributed by atoms with Gasteiger partial charge in [0, 0.05) is 25.2 Å². The van der Waals surface area contributed by atoms with Crippen LogP contribution in [0.5, 0.6) is 11.5 Å². The summed E-state index contributed by atoms with van der Waals surface area (Å²) in [5, 5.41) is 2.94. The van der Waals surface area contributed by atoms with Gasteiger partial charge in [-0.2, -0.15) is 0 Å². The van der Waals surface area contributed by atoms with Crippen molar-refractivity contribution in [3.8, 4) is 11.5 Å². The van der Waals surface area contributed by atoms with E-state index in [0.717, 1.165) is 25.1 Å². The van der Waals surface area contributed by atoms with Crippen molar-refractivity contribution in [3.05, 3.63) is 48.3 Å². The maximum absolute atomic E-state index is 12.5. The summed E-state index contributed by atoms with van der Waals surface area (Å²) < 4.78 is 10.6. The van der Waals surface area contributed by atoms with E-state index in [9.17, 15) is 4.79 Å². The molecule has 0 saturated carbocycles. The number of piperidine rings is 1. The molecule has 3 rings (SSSR count). The molecule has 1 saturated heterocycles. The Balaban J connectivity index is 1.61. The zero-order chi connectivity index (χ0) is 19.1. The van der Waals surface area contributed by atoms with Crippen molar-refractivity contribution in [1.29, 1.82) is 0 Å². The molecule has 6 heteroatoms. The van der Waals surface area contributed by atoms with Gasteiger partial charge < -0.3 is 14.8 Å². The molecule has 27 heavy (non-hydrogen) atoms. The molecule has 0 radical (unpaired) electrons. The number of nitrogens with one attached hydrogen (secondary N) is 1. The number of ether oxygens (including phenoxy) is 2. The van der Waals surface area contributed by atoms with Crippen LogP contribution < -0.4 is 14.8 Å². The van der Waals surface area contributed by atoms with Crippen LogP contribution >= 0.6 is 0 Å². The Morgan fingerprint density at radius 1 is 1.22 bits per heavy atom. The third kappa shape index (κ3) is 4.98. The number of anilines is 1. The number of rotatable bonds is 7. The van der Waals surface area contributed by atoms with Gasteiger partial charge in [0.2, 0.25) is 5.91 Å². The Kier molecular flexibility index (Phi) is 6.65. The van der Waals surface area contributed by atoms with Gasteiger partial charge in [0.1, 0.15) is 11.5 Å². The Labute approximate surface area is 160 Å². The molecule has 1 unspecified atom stereocenters. The molecule has 144 valence electrons. The van der Waals surface area contributed by atoms with Gasteiger partial charge in [-0.15, -0.1) is 0 Å². The second kappa shape index (κ2) is 9.37. The maximum atomic E-state index is 12.5. The highest BCUT2D eigenvalue weighted by atomic mass is 16.5. The normalized spacial score (nSPS) is 17.3. The van der Waals surface area contributed by atoms with Crippen LogP contribution in [-0.2, 0) is 4.79 Å². The summed E-state index contributed by atoms with van der Waals surface area (Å²) in [6, 6.07) is 11.7. The molecule has 1 amide bonds. The predicted octanol–water partition coefficient (Wildman–Crippen LogP) is 3.65. The summed E-state index contributed by atoms with van der Waals surface area (Å²) in [5.74, 6) is 1.26. The summed E-state index contributed by atoms with van der Waals surface area (Å²) in [4.78, 5) is 19.4. The van der Waals surface area contributed by atoms with Crippen molar-refractivity contribution in [2.45, 2.75) is 31.7 Å². The van der Waals surface area contributed by atoms with E-state index < -0.39 is 0 Å². The molecule has 0 aliphatic carbocycles. The van der Waals surface area contributed by atoms with Crippen molar-refractivity contribution >= 4 is 11.6 Å². The van der Waals surface area contributed by atoms with Crippen LogP contribution in [0.25, 0.3) is 0 Å². The van der Waals surface area contributed by atoms with E-state index in [-0.39, 0.29) is 5.91 Å². The van der Waals surface area contributed by atoms with Crippen molar-refractivity contribution < 1.29 is 14.3 Å². The zero-order valence-corrected chi connectivity index (χ0v) is 16.0. The van der Waals surface area contributed by atoms with Gasteiger partial charge in [-0.3, -0.25) is 14.7 Å². The molecule has 1 N–H and O–H groups in total. The molecule has 6 nitrogen and oxygen atoms in total. The molecule has 0 spiro atoms. The second-order valence-corrected chi connectivity index (χ2v) is 6.67. The van der Waals surface area contributed by atoms with Crippen LogP contribution in [0, 0.1) is 0 Å². The lowest BCUT2D eigenvalue weighted by Crippen LogP contribution is -2.36. The molecular weight excluding hydrogens is 342 g/mol. The van der Waals surface area contributed by atoms with Gasteiger partial charge >= 0.3 is 0 Å². The minimum atomic E-state index is -0.0353. The number of nitrogens with zero attached hydrogens (tertiary/aromatic N) is 2. The molecule has 1 aromatic heterocycles. The Bertz CT molecular complexity index is 752. The Morgan fingerprint density at radius 3 is 2.85 bits per heavy atom. The lowest BCUT2D eigenvalue weighted by molar-refractivity contribution is -0.116. The van der Waals surface area contributed by atoms with E-state index in [4.69, 9.17) is 9.47 Å². The zero-order valence-electron chi connectivity index (χ0n) is 16.0.